The SMILES string of the molecule is COc1cccc(CNC2CCN(S(C)(=O)=O)CC2)c1OC.Cl. The molecule has 1 saturated heterocycles. The van der Waals surface area contributed by atoms with Crippen LogP contribution in [0.15, 0.2) is 18.2 Å². The maximum atomic E-state index is 11.5. The molecule has 8 heteroatoms. The highest BCUT2D eigenvalue weighted by atomic mass is 35.5. The molecule has 2 rings (SSSR count). The van der Waals surface area contributed by atoms with Gasteiger partial charge in [0.15, 0.2) is 11.5 Å². The number of hydrogen-bond acceptors (Lipinski definition) is 5. The second kappa shape index (κ2) is 8.73. The molecule has 1 aliphatic heterocycles. The quantitative estimate of drug-likeness (QED) is 0.831. The molecule has 1 aliphatic rings. The monoisotopic (exact) mass is 364 g/mol. The van der Waals surface area contributed by atoms with Crippen molar-refractivity contribution in [1.82, 2.24) is 9.62 Å². The molecule has 1 aromatic carbocycles. The molecule has 0 atom stereocenters. The summed E-state index contributed by atoms with van der Waals surface area (Å²) in [6.45, 7) is 1.82. The van der Waals surface area contributed by atoms with Gasteiger partial charge in [-0.2, -0.15) is 0 Å². The zero-order valence-electron chi connectivity index (χ0n) is 13.7. The van der Waals surface area contributed by atoms with Crippen LogP contribution < -0.4 is 14.8 Å². The first kappa shape index (κ1) is 20.0. The second-order valence-electron chi connectivity index (χ2n) is 5.47. The van der Waals surface area contributed by atoms with Crippen molar-refractivity contribution >= 4 is 22.4 Å². The zero-order chi connectivity index (χ0) is 16.2. The zero-order valence-corrected chi connectivity index (χ0v) is 15.4. The minimum Gasteiger partial charge on any atom is -0.493 e. The predicted molar refractivity (Wildman–Crippen MR) is 93.1 cm³/mol. The molecule has 1 N–H and O–H groups in total. The van der Waals surface area contributed by atoms with Crippen LogP contribution in [0.2, 0.25) is 0 Å². The van der Waals surface area contributed by atoms with E-state index in [1.165, 1.54) is 10.6 Å². The van der Waals surface area contributed by atoms with Gasteiger partial charge in [-0.05, 0) is 18.9 Å². The molecule has 0 radical (unpaired) electrons. The Bertz CT molecular complexity index is 601. The van der Waals surface area contributed by atoms with E-state index in [1.807, 2.05) is 18.2 Å². The van der Waals surface area contributed by atoms with Crippen LogP contribution in [0.3, 0.4) is 0 Å². The van der Waals surface area contributed by atoms with Gasteiger partial charge in [0.25, 0.3) is 0 Å². The normalized spacial score (nSPS) is 16.7. The van der Waals surface area contributed by atoms with E-state index in [0.29, 0.717) is 31.4 Å². The van der Waals surface area contributed by atoms with E-state index in [1.54, 1.807) is 14.2 Å². The van der Waals surface area contributed by atoms with E-state index in [9.17, 15) is 8.42 Å². The number of piperidine rings is 1. The van der Waals surface area contributed by atoms with Crippen molar-refractivity contribution in [2.24, 2.45) is 0 Å². The largest absolute Gasteiger partial charge is 0.493 e. The fraction of sp³-hybridized carbons (Fsp3) is 0.600. The van der Waals surface area contributed by atoms with Crippen LogP contribution >= 0.6 is 12.4 Å². The lowest BCUT2D eigenvalue weighted by atomic mass is 10.1. The van der Waals surface area contributed by atoms with Gasteiger partial charge in [0.05, 0.1) is 20.5 Å². The molecular formula is C15H25ClN2O4S. The standard InChI is InChI=1S/C15H24N2O4S.ClH/c1-20-14-6-4-5-12(15(14)21-2)11-16-13-7-9-17(10-8-13)22(3,18)19;/h4-6,13,16H,7-11H2,1-3H3;1H. The molecule has 0 bridgehead atoms. The van der Waals surface area contributed by atoms with Crippen molar-refractivity contribution < 1.29 is 17.9 Å². The summed E-state index contributed by atoms with van der Waals surface area (Å²) in [6, 6.07) is 6.12. The summed E-state index contributed by atoms with van der Waals surface area (Å²) >= 11 is 0. The number of nitrogens with zero attached hydrogens (tertiary/aromatic N) is 1. The first-order chi connectivity index (χ1) is 10.5. The van der Waals surface area contributed by atoms with Crippen LogP contribution in [0.5, 0.6) is 11.5 Å². The van der Waals surface area contributed by atoms with Crippen LogP contribution in [0.4, 0.5) is 0 Å². The van der Waals surface area contributed by atoms with E-state index < -0.39 is 10.0 Å². The summed E-state index contributed by atoms with van der Waals surface area (Å²) in [5, 5.41) is 3.48. The molecule has 0 saturated carbocycles. The third-order valence-electron chi connectivity index (χ3n) is 3.99. The maximum absolute atomic E-state index is 11.5. The molecule has 0 aromatic heterocycles. The number of nitrogens with one attached hydrogen (secondary N) is 1. The molecule has 0 amide bonds. The van der Waals surface area contributed by atoms with Crippen LogP contribution in [0.1, 0.15) is 18.4 Å². The van der Waals surface area contributed by atoms with Gasteiger partial charge < -0.3 is 14.8 Å². The number of sulfonamides is 1. The minimum atomic E-state index is -3.07. The topological polar surface area (TPSA) is 67.9 Å². The molecular weight excluding hydrogens is 340 g/mol. The van der Waals surface area contributed by atoms with Gasteiger partial charge >= 0.3 is 0 Å². The third-order valence-corrected chi connectivity index (χ3v) is 5.29. The number of para-hydroxylation sites is 1. The van der Waals surface area contributed by atoms with Gasteiger partial charge in [-0.15, -0.1) is 12.4 Å². The van der Waals surface area contributed by atoms with Crippen LogP contribution in [0.25, 0.3) is 0 Å². The highest BCUT2D eigenvalue weighted by Gasteiger charge is 2.24. The number of halogens is 1. The highest BCUT2D eigenvalue weighted by Crippen LogP contribution is 2.30. The van der Waals surface area contributed by atoms with Crippen molar-refractivity contribution in [2.75, 3.05) is 33.6 Å². The lowest BCUT2D eigenvalue weighted by Crippen LogP contribution is -2.44. The van der Waals surface area contributed by atoms with Crippen molar-refractivity contribution in [3.05, 3.63) is 23.8 Å². The van der Waals surface area contributed by atoms with Crippen molar-refractivity contribution in [3.8, 4) is 11.5 Å². The fourth-order valence-electron chi connectivity index (χ4n) is 2.74. The summed E-state index contributed by atoms with van der Waals surface area (Å²) in [5.41, 5.74) is 1.03. The average Bonchev–Trinajstić information content (AvgIpc) is 2.51. The Kier molecular flexibility index (Phi) is 7.60. The van der Waals surface area contributed by atoms with E-state index in [4.69, 9.17) is 9.47 Å². The van der Waals surface area contributed by atoms with Crippen LogP contribution in [-0.2, 0) is 16.6 Å². The first-order valence-electron chi connectivity index (χ1n) is 7.34. The Balaban J connectivity index is 0.00000264. The molecule has 1 aromatic rings. The molecule has 6 nitrogen and oxygen atoms in total. The molecule has 0 aliphatic carbocycles. The summed E-state index contributed by atoms with van der Waals surface area (Å²) in [4.78, 5) is 0. The van der Waals surface area contributed by atoms with E-state index in [0.717, 1.165) is 24.2 Å². The Morgan fingerprint density at radius 2 is 1.87 bits per heavy atom. The Morgan fingerprint density at radius 1 is 1.22 bits per heavy atom. The van der Waals surface area contributed by atoms with Crippen LogP contribution in [0, 0.1) is 0 Å². The lowest BCUT2D eigenvalue weighted by Gasteiger charge is -2.31. The van der Waals surface area contributed by atoms with Crippen molar-refractivity contribution in [1.29, 1.82) is 0 Å². The van der Waals surface area contributed by atoms with Gasteiger partial charge in [0, 0.05) is 31.2 Å². The van der Waals surface area contributed by atoms with Crippen molar-refractivity contribution in [3.63, 3.8) is 0 Å². The first-order valence-corrected chi connectivity index (χ1v) is 9.19. The summed E-state index contributed by atoms with van der Waals surface area (Å²) < 4.78 is 35.3. The third kappa shape index (κ3) is 5.24. The maximum Gasteiger partial charge on any atom is 0.211 e. The number of hydrogen-bond donors (Lipinski definition) is 1. The van der Waals surface area contributed by atoms with E-state index in [2.05, 4.69) is 5.32 Å². The van der Waals surface area contributed by atoms with Crippen molar-refractivity contribution in [2.45, 2.75) is 25.4 Å². The summed E-state index contributed by atoms with van der Waals surface area (Å²) in [5.74, 6) is 1.46. The fourth-order valence-corrected chi connectivity index (χ4v) is 3.61. The molecule has 0 spiro atoms. The number of methoxy groups -OCH3 is 2. The smallest absolute Gasteiger partial charge is 0.211 e. The van der Waals surface area contributed by atoms with E-state index >= 15 is 0 Å². The highest BCUT2D eigenvalue weighted by molar-refractivity contribution is 7.88. The van der Waals surface area contributed by atoms with E-state index in [-0.39, 0.29) is 12.4 Å². The van der Waals surface area contributed by atoms with Gasteiger partial charge in [-0.25, -0.2) is 12.7 Å². The Hall–Kier alpha value is -1.02. The predicted octanol–water partition coefficient (Wildman–Crippen LogP) is 1.64. The summed E-state index contributed by atoms with van der Waals surface area (Å²) in [7, 11) is 0.185. The summed E-state index contributed by atoms with van der Waals surface area (Å²) in [6.07, 6.45) is 2.90. The number of rotatable bonds is 6. The van der Waals surface area contributed by atoms with Gasteiger partial charge in [-0.1, -0.05) is 12.1 Å². The lowest BCUT2D eigenvalue weighted by molar-refractivity contribution is 0.288. The molecule has 1 fully saturated rings. The van der Waals surface area contributed by atoms with Crippen LogP contribution in [-0.4, -0.2) is 52.3 Å². The average molecular weight is 365 g/mol. The van der Waals surface area contributed by atoms with Gasteiger partial charge in [0.1, 0.15) is 0 Å². The Labute approximate surface area is 144 Å². The number of benzene rings is 1. The van der Waals surface area contributed by atoms with Gasteiger partial charge in [-0.3, -0.25) is 0 Å². The van der Waals surface area contributed by atoms with Gasteiger partial charge in [0.2, 0.25) is 10.0 Å². The molecule has 23 heavy (non-hydrogen) atoms. The molecule has 1 heterocycles. The Morgan fingerprint density at radius 3 is 2.39 bits per heavy atom. The minimum absolute atomic E-state index is 0. The molecule has 132 valence electrons. The molecule has 0 unspecified atom stereocenters. The number of ether oxygens (including phenoxy) is 2. The second-order valence-corrected chi connectivity index (χ2v) is 7.45.